The Morgan fingerprint density at radius 3 is 2.56 bits per heavy atom. The van der Waals surface area contributed by atoms with Gasteiger partial charge in [-0.15, -0.1) is 11.3 Å². The van der Waals surface area contributed by atoms with E-state index in [9.17, 15) is 0 Å². The van der Waals surface area contributed by atoms with E-state index in [0.717, 1.165) is 43.4 Å². The molecule has 4 heterocycles. The highest BCUT2D eigenvalue weighted by molar-refractivity contribution is 7.09. The summed E-state index contributed by atoms with van der Waals surface area (Å²) in [5.74, 6) is 2.49. The van der Waals surface area contributed by atoms with Crippen molar-refractivity contribution in [2.24, 2.45) is 0 Å². The largest absolute Gasteiger partial charge is 0.354 e. The number of aromatic nitrogens is 4. The summed E-state index contributed by atoms with van der Waals surface area (Å²) >= 11 is 1.72. The van der Waals surface area contributed by atoms with E-state index in [4.69, 9.17) is 4.52 Å². The van der Waals surface area contributed by atoms with Crippen LogP contribution in [0, 0.1) is 0 Å². The third kappa shape index (κ3) is 3.86. The van der Waals surface area contributed by atoms with Crippen molar-refractivity contribution in [3.63, 3.8) is 0 Å². The summed E-state index contributed by atoms with van der Waals surface area (Å²) in [7, 11) is 0. The van der Waals surface area contributed by atoms with Crippen molar-refractivity contribution in [3.05, 3.63) is 40.7 Å². The minimum atomic E-state index is 0.247. The van der Waals surface area contributed by atoms with Crippen molar-refractivity contribution < 1.29 is 4.52 Å². The van der Waals surface area contributed by atoms with Crippen molar-refractivity contribution in [2.45, 2.75) is 32.7 Å². The molecule has 3 aromatic heterocycles. The molecule has 4 rings (SSSR count). The first-order valence-corrected chi connectivity index (χ1v) is 10.2. The van der Waals surface area contributed by atoms with Gasteiger partial charge in [-0.25, -0.2) is 9.97 Å². The Hall–Kier alpha value is -2.32. The number of piperazine rings is 1. The van der Waals surface area contributed by atoms with E-state index in [1.165, 1.54) is 5.01 Å². The molecule has 1 unspecified atom stereocenters. The van der Waals surface area contributed by atoms with Crippen LogP contribution in [0.3, 0.4) is 0 Å². The van der Waals surface area contributed by atoms with Crippen molar-refractivity contribution in [1.82, 2.24) is 25.0 Å². The average molecular weight is 385 g/mol. The zero-order valence-corrected chi connectivity index (χ0v) is 16.7. The number of thiazole rings is 1. The molecule has 0 aliphatic carbocycles. The fourth-order valence-electron chi connectivity index (χ4n) is 3.25. The van der Waals surface area contributed by atoms with Gasteiger partial charge in [0.25, 0.3) is 5.89 Å². The molecule has 1 fully saturated rings. The topological polar surface area (TPSA) is 71.2 Å². The molecule has 3 aromatic rings. The Bertz CT molecular complexity index is 870. The fraction of sp³-hybridized carbons (Fsp3) is 0.474. The van der Waals surface area contributed by atoms with Crippen LogP contribution in [0.2, 0.25) is 0 Å². The third-order valence-corrected chi connectivity index (χ3v) is 5.89. The van der Waals surface area contributed by atoms with E-state index in [0.29, 0.717) is 11.9 Å². The lowest BCUT2D eigenvalue weighted by atomic mass is 10.2. The number of rotatable bonds is 5. The van der Waals surface area contributed by atoms with E-state index in [1.807, 2.05) is 29.9 Å². The van der Waals surface area contributed by atoms with Gasteiger partial charge in [-0.1, -0.05) is 19.0 Å². The number of hydrogen-bond donors (Lipinski definition) is 0. The first-order valence-electron chi connectivity index (χ1n) is 9.30. The van der Waals surface area contributed by atoms with Crippen LogP contribution in [0.4, 0.5) is 5.82 Å². The molecular formula is C19H24N6OS. The van der Waals surface area contributed by atoms with Gasteiger partial charge in [0.1, 0.15) is 10.8 Å². The molecule has 142 valence electrons. The van der Waals surface area contributed by atoms with E-state index in [1.54, 1.807) is 11.3 Å². The van der Waals surface area contributed by atoms with Gasteiger partial charge in [-0.05, 0) is 19.1 Å². The van der Waals surface area contributed by atoms with Gasteiger partial charge in [0.2, 0.25) is 0 Å². The summed E-state index contributed by atoms with van der Waals surface area (Å²) in [5, 5.41) is 7.28. The molecule has 8 heteroatoms. The van der Waals surface area contributed by atoms with Crippen molar-refractivity contribution in [2.75, 3.05) is 31.1 Å². The van der Waals surface area contributed by atoms with E-state index < -0.39 is 0 Å². The average Bonchev–Trinajstić information content (AvgIpc) is 3.40. The van der Waals surface area contributed by atoms with E-state index in [2.05, 4.69) is 50.7 Å². The molecule has 0 saturated carbocycles. The standard InChI is InChI=1S/C19H24N6OS/c1-13(2)17-22-18(26-23-17)15-4-5-20-16(12-15)25-9-7-24(8-10-25)14(3)19-21-6-11-27-19/h4-6,11-14H,7-10H2,1-3H3. The summed E-state index contributed by atoms with van der Waals surface area (Å²) in [4.78, 5) is 18.3. The van der Waals surface area contributed by atoms with Gasteiger partial charge < -0.3 is 9.42 Å². The van der Waals surface area contributed by atoms with Gasteiger partial charge in [0, 0.05) is 55.4 Å². The van der Waals surface area contributed by atoms with Crippen LogP contribution in [0.1, 0.15) is 43.6 Å². The molecule has 0 amide bonds. The molecule has 0 spiro atoms. The highest BCUT2D eigenvalue weighted by Crippen LogP contribution is 2.26. The number of hydrogen-bond acceptors (Lipinski definition) is 8. The van der Waals surface area contributed by atoms with Gasteiger partial charge in [-0.3, -0.25) is 4.90 Å². The van der Waals surface area contributed by atoms with E-state index >= 15 is 0 Å². The second kappa shape index (κ2) is 7.74. The summed E-state index contributed by atoms with van der Waals surface area (Å²) in [6.45, 7) is 10.2. The Kier molecular flexibility index (Phi) is 5.18. The Labute approximate surface area is 163 Å². The molecule has 0 bridgehead atoms. The molecule has 1 aliphatic heterocycles. The fourth-order valence-corrected chi connectivity index (χ4v) is 3.98. The first-order chi connectivity index (χ1) is 13.1. The lowest BCUT2D eigenvalue weighted by Crippen LogP contribution is -2.47. The zero-order valence-electron chi connectivity index (χ0n) is 15.9. The van der Waals surface area contributed by atoms with Crippen molar-refractivity contribution >= 4 is 17.2 Å². The third-order valence-electron chi connectivity index (χ3n) is 4.95. The van der Waals surface area contributed by atoms with Crippen molar-refractivity contribution in [1.29, 1.82) is 0 Å². The maximum Gasteiger partial charge on any atom is 0.258 e. The van der Waals surface area contributed by atoms with Gasteiger partial charge in [0.05, 0.1) is 6.04 Å². The maximum absolute atomic E-state index is 5.42. The highest BCUT2D eigenvalue weighted by Gasteiger charge is 2.24. The minimum absolute atomic E-state index is 0.247. The van der Waals surface area contributed by atoms with Crippen LogP contribution < -0.4 is 4.90 Å². The quantitative estimate of drug-likeness (QED) is 0.665. The molecule has 0 aromatic carbocycles. The Morgan fingerprint density at radius 1 is 1.07 bits per heavy atom. The smallest absolute Gasteiger partial charge is 0.258 e. The lowest BCUT2D eigenvalue weighted by Gasteiger charge is -2.38. The van der Waals surface area contributed by atoms with Crippen LogP contribution in [0.15, 0.2) is 34.4 Å². The van der Waals surface area contributed by atoms with Crippen LogP contribution >= 0.6 is 11.3 Å². The second-order valence-corrected chi connectivity index (χ2v) is 8.01. The molecule has 0 N–H and O–H groups in total. The summed E-state index contributed by atoms with van der Waals surface area (Å²) in [6.07, 6.45) is 3.69. The summed E-state index contributed by atoms with van der Waals surface area (Å²) in [6, 6.07) is 4.32. The second-order valence-electron chi connectivity index (χ2n) is 7.08. The summed E-state index contributed by atoms with van der Waals surface area (Å²) in [5.41, 5.74) is 0.915. The molecular weight excluding hydrogens is 360 g/mol. The molecule has 27 heavy (non-hydrogen) atoms. The van der Waals surface area contributed by atoms with Crippen LogP contribution in [0.25, 0.3) is 11.5 Å². The summed E-state index contributed by atoms with van der Waals surface area (Å²) < 4.78 is 5.42. The number of pyridine rings is 1. The van der Waals surface area contributed by atoms with Gasteiger partial charge in [-0.2, -0.15) is 4.98 Å². The monoisotopic (exact) mass is 384 g/mol. The SMILES string of the molecule is CC(C)c1noc(-c2ccnc(N3CCN(C(C)c4nccs4)CC3)c2)n1. The Morgan fingerprint density at radius 2 is 1.89 bits per heavy atom. The lowest BCUT2D eigenvalue weighted by molar-refractivity contribution is 0.198. The number of anilines is 1. The van der Waals surface area contributed by atoms with Crippen LogP contribution in [-0.2, 0) is 0 Å². The van der Waals surface area contributed by atoms with Crippen LogP contribution in [-0.4, -0.2) is 51.2 Å². The molecule has 7 nitrogen and oxygen atoms in total. The predicted molar refractivity (Wildman–Crippen MR) is 106 cm³/mol. The van der Waals surface area contributed by atoms with Crippen molar-refractivity contribution in [3.8, 4) is 11.5 Å². The van der Waals surface area contributed by atoms with Gasteiger partial charge in [0.15, 0.2) is 5.82 Å². The minimum Gasteiger partial charge on any atom is -0.354 e. The molecule has 0 radical (unpaired) electrons. The normalized spacial score (nSPS) is 16.8. The molecule has 1 saturated heterocycles. The molecule has 1 aliphatic rings. The van der Waals surface area contributed by atoms with Gasteiger partial charge >= 0.3 is 0 Å². The predicted octanol–water partition coefficient (Wildman–Crippen LogP) is 3.59. The first kappa shape index (κ1) is 18.1. The highest BCUT2D eigenvalue weighted by atomic mass is 32.1. The molecule has 1 atom stereocenters. The Balaban J connectivity index is 1.44. The van der Waals surface area contributed by atoms with E-state index in [-0.39, 0.29) is 5.92 Å². The maximum atomic E-state index is 5.42. The van der Waals surface area contributed by atoms with Crippen LogP contribution in [0.5, 0.6) is 0 Å². The number of nitrogens with zero attached hydrogens (tertiary/aromatic N) is 6. The zero-order chi connectivity index (χ0) is 18.8.